The zero-order valence-corrected chi connectivity index (χ0v) is 12.3. The highest BCUT2D eigenvalue weighted by Crippen LogP contribution is 2.13. The number of aromatic nitrogens is 2. The number of nitrogens with zero attached hydrogens (tertiary/aromatic N) is 1. The summed E-state index contributed by atoms with van der Waals surface area (Å²) in [4.78, 5) is 9.52. The second-order valence-corrected chi connectivity index (χ2v) is 5.52. The molecule has 1 aliphatic rings. The molecule has 0 bridgehead atoms. The average Bonchev–Trinajstić information content (AvgIpc) is 3.02. The van der Waals surface area contributed by atoms with E-state index in [0.717, 1.165) is 50.8 Å². The Bertz CT molecular complexity index is 534. The first-order valence-corrected chi connectivity index (χ1v) is 7.74. The number of imidazole rings is 1. The summed E-state index contributed by atoms with van der Waals surface area (Å²) in [5, 5.41) is 2.35. The van der Waals surface area contributed by atoms with Crippen LogP contribution >= 0.6 is 0 Å². The lowest BCUT2D eigenvalue weighted by Gasteiger charge is -2.22. The number of nitrogens with one attached hydrogen (secondary N) is 2. The summed E-state index contributed by atoms with van der Waals surface area (Å²) in [5.41, 5.74) is 2.33. The average molecular weight is 288 g/mol. The highest BCUT2D eigenvalue weighted by atomic mass is 16.5. The Hall–Kier alpha value is -1.69. The number of hydrogen-bond acceptors (Lipinski definition) is 2. The van der Waals surface area contributed by atoms with Gasteiger partial charge in [0, 0.05) is 5.56 Å². The molecule has 2 heterocycles. The molecule has 0 radical (unpaired) electrons. The number of ether oxygens (including phenoxy) is 1. The van der Waals surface area contributed by atoms with Crippen molar-refractivity contribution in [2.24, 2.45) is 0 Å². The van der Waals surface area contributed by atoms with E-state index in [4.69, 9.17) is 4.74 Å². The van der Waals surface area contributed by atoms with Crippen LogP contribution in [0.25, 0.3) is 11.4 Å². The number of benzene rings is 1. The quantitative estimate of drug-likeness (QED) is 0.601. The lowest BCUT2D eigenvalue weighted by atomic mass is 10.2. The first-order chi connectivity index (χ1) is 10.4. The summed E-state index contributed by atoms with van der Waals surface area (Å²) >= 11 is 0. The normalized spacial score (nSPS) is 16.2. The third kappa shape index (κ3) is 4.14. The summed E-state index contributed by atoms with van der Waals surface area (Å²) in [5.74, 6) is 0.956. The van der Waals surface area contributed by atoms with Gasteiger partial charge in [0.15, 0.2) is 0 Å². The van der Waals surface area contributed by atoms with E-state index in [9.17, 15) is 0 Å². The predicted octanol–water partition coefficient (Wildman–Crippen LogP) is -0.945. The smallest absolute Gasteiger partial charge is 0.137 e. The Labute approximate surface area is 125 Å². The molecule has 0 amide bonds. The van der Waals surface area contributed by atoms with Gasteiger partial charge in [-0.15, -0.1) is 0 Å². The summed E-state index contributed by atoms with van der Waals surface area (Å²) in [7, 11) is 0. The van der Waals surface area contributed by atoms with Crippen molar-refractivity contribution in [2.45, 2.75) is 6.54 Å². The van der Waals surface area contributed by atoms with Crippen LogP contribution < -0.4 is 10.2 Å². The monoisotopic (exact) mass is 288 g/mol. The molecule has 0 unspecified atom stereocenters. The maximum atomic E-state index is 5.38. The van der Waals surface area contributed by atoms with E-state index in [1.54, 1.807) is 4.90 Å². The van der Waals surface area contributed by atoms with Crippen molar-refractivity contribution in [2.75, 3.05) is 39.4 Å². The highest BCUT2D eigenvalue weighted by molar-refractivity contribution is 5.54. The zero-order valence-electron chi connectivity index (χ0n) is 12.3. The van der Waals surface area contributed by atoms with Gasteiger partial charge in [-0.05, 0) is 0 Å². The van der Waals surface area contributed by atoms with Crippen molar-refractivity contribution >= 4 is 0 Å². The number of hydrogen-bond donors (Lipinski definition) is 3. The maximum Gasteiger partial charge on any atom is 0.137 e. The third-order valence-electron chi connectivity index (χ3n) is 3.94. The van der Waals surface area contributed by atoms with Gasteiger partial charge in [-0.25, -0.2) is 4.98 Å². The van der Waals surface area contributed by atoms with E-state index in [1.807, 2.05) is 24.4 Å². The van der Waals surface area contributed by atoms with Gasteiger partial charge in [-0.3, -0.25) is 0 Å². The Morgan fingerprint density at radius 2 is 2.00 bits per heavy atom. The summed E-state index contributed by atoms with van der Waals surface area (Å²) < 4.78 is 5.38. The molecule has 1 aliphatic heterocycles. The second kappa shape index (κ2) is 7.36. The van der Waals surface area contributed by atoms with Crippen LogP contribution in [0.2, 0.25) is 0 Å². The van der Waals surface area contributed by atoms with E-state index < -0.39 is 0 Å². The number of morpholine rings is 1. The molecule has 0 spiro atoms. The Kier molecular flexibility index (Phi) is 4.99. The largest absolute Gasteiger partial charge is 0.370 e. The lowest BCUT2D eigenvalue weighted by molar-refractivity contribution is -0.920. The van der Waals surface area contributed by atoms with E-state index >= 15 is 0 Å². The van der Waals surface area contributed by atoms with Crippen LogP contribution in [0.15, 0.2) is 36.5 Å². The van der Waals surface area contributed by atoms with Crippen molar-refractivity contribution in [1.29, 1.82) is 0 Å². The molecular weight excluding hydrogens is 264 g/mol. The molecule has 3 rings (SSSR count). The molecule has 5 nitrogen and oxygen atoms in total. The fourth-order valence-electron chi connectivity index (χ4n) is 2.68. The second-order valence-electron chi connectivity index (χ2n) is 5.52. The first kappa shape index (κ1) is 14.3. The van der Waals surface area contributed by atoms with Crippen molar-refractivity contribution in [3.8, 4) is 11.4 Å². The molecule has 0 aliphatic carbocycles. The van der Waals surface area contributed by atoms with Gasteiger partial charge in [-0.2, -0.15) is 0 Å². The van der Waals surface area contributed by atoms with Gasteiger partial charge in [0.05, 0.1) is 25.1 Å². The molecule has 1 aromatic heterocycles. The summed E-state index contributed by atoms with van der Waals surface area (Å²) in [6, 6.07) is 10.3. The highest BCUT2D eigenvalue weighted by Gasteiger charge is 2.13. The van der Waals surface area contributed by atoms with Crippen LogP contribution in [0.3, 0.4) is 0 Å². The van der Waals surface area contributed by atoms with E-state index in [0.29, 0.717) is 0 Å². The predicted molar refractivity (Wildman–Crippen MR) is 80.9 cm³/mol. The first-order valence-electron chi connectivity index (χ1n) is 7.74. The molecule has 21 heavy (non-hydrogen) atoms. The van der Waals surface area contributed by atoms with Crippen LogP contribution in [-0.4, -0.2) is 49.4 Å². The Morgan fingerprint density at radius 3 is 2.81 bits per heavy atom. The molecule has 5 heteroatoms. The topological polar surface area (TPSA) is 59.0 Å². The minimum atomic E-state index is 0.913. The van der Waals surface area contributed by atoms with Crippen LogP contribution in [0, 0.1) is 0 Å². The number of nitrogens with two attached hydrogens (primary N) is 1. The fourth-order valence-corrected chi connectivity index (χ4v) is 2.68. The molecule has 1 aromatic carbocycles. The lowest BCUT2D eigenvalue weighted by Crippen LogP contribution is -3.16. The van der Waals surface area contributed by atoms with Crippen LogP contribution in [-0.2, 0) is 11.3 Å². The Morgan fingerprint density at radius 1 is 1.19 bits per heavy atom. The van der Waals surface area contributed by atoms with Crippen molar-refractivity contribution < 1.29 is 15.0 Å². The summed E-state index contributed by atoms with van der Waals surface area (Å²) in [6.45, 7) is 7.44. The van der Waals surface area contributed by atoms with E-state index in [-0.39, 0.29) is 0 Å². The molecule has 1 fully saturated rings. The molecule has 4 N–H and O–H groups in total. The van der Waals surface area contributed by atoms with Crippen molar-refractivity contribution in [1.82, 2.24) is 9.97 Å². The molecule has 112 valence electrons. The number of rotatable bonds is 6. The van der Waals surface area contributed by atoms with Crippen molar-refractivity contribution in [3.63, 3.8) is 0 Å². The number of quaternary nitrogens is 2. The van der Waals surface area contributed by atoms with Gasteiger partial charge in [0.2, 0.25) is 0 Å². The minimum Gasteiger partial charge on any atom is -0.370 e. The molecule has 2 aromatic rings. The standard InChI is InChI=1S/C16H22N4O/c1-2-4-14(5-3-1)16-18-13-15(19-16)12-17-6-7-20-8-10-21-11-9-20/h1-5,13,17H,6-12H2,(H,18,19)/p+2. The van der Waals surface area contributed by atoms with Crippen molar-refractivity contribution in [3.05, 3.63) is 42.2 Å². The fraction of sp³-hybridized carbons (Fsp3) is 0.438. The van der Waals surface area contributed by atoms with Gasteiger partial charge in [-0.1, -0.05) is 30.3 Å². The third-order valence-corrected chi connectivity index (χ3v) is 3.94. The SMILES string of the molecule is c1ccc(-c2ncc(C[NH2+]CC[NH+]3CCOCC3)[nH]2)cc1. The van der Waals surface area contributed by atoms with Gasteiger partial charge < -0.3 is 19.9 Å². The van der Waals surface area contributed by atoms with Gasteiger partial charge >= 0.3 is 0 Å². The molecule has 0 atom stereocenters. The van der Waals surface area contributed by atoms with Gasteiger partial charge in [0.1, 0.15) is 38.5 Å². The van der Waals surface area contributed by atoms with E-state index in [1.165, 1.54) is 12.2 Å². The van der Waals surface area contributed by atoms with Crippen LogP contribution in [0.1, 0.15) is 5.69 Å². The minimum absolute atomic E-state index is 0.913. The molecule has 0 saturated carbocycles. The van der Waals surface area contributed by atoms with Crippen LogP contribution in [0.4, 0.5) is 0 Å². The number of H-pyrrole nitrogens is 1. The van der Waals surface area contributed by atoms with Crippen LogP contribution in [0.5, 0.6) is 0 Å². The van der Waals surface area contributed by atoms with E-state index in [2.05, 4.69) is 27.4 Å². The van der Waals surface area contributed by atoms with Gasteiger partial charge in [0.25, 0.3) is 0 Å². The number of aromatic amines is 1. The Balaban J connectivity index is 1.42. The molecular formula is C16H24N4O+2. The molecule has 1 saturated heterocycles. The maximum absolute atomic E-state index is 5.38. The summed E-state index contributed by atoms with van der Waals surface area (Å²) in [6.07, 6.45) is 1.94. The zero-order chi connectivity index (χ0) is 14.3.